The molecule has 2 aliphatic rings. The van der Waals surface area contributed by atoms with E-state index in [1.165, 1.54) is 10.9 Å². The molecule has 2 fully saturated rings. The number of amides is 1. The zero-order chi connectivity index (χ0) is 26.5. The summed E-state index contributed by atoms with van der Waals surface area (Å²) in [6, 6.07) is 11.5. The molecule has 1 amide bonds. The fraction of sp³-hybridized carbons (Fsp3) is 0.444. The van der Waals surface area contributed by atoms with Gasteiger partial charge >= 0.3 is 0 Å². The van der Waals surface area contributed by atoms with Gasteiger partial charge in [0, 0.05) is 65.4 Å². The number of carbonyl (C=O) groups is 1. The lowest BCUT2D eigenvalue weighted by atomic mass is 10.2. The largest absolute Gasteiger partial charge is 0.495 e. The normalized spacial score (nSPS) is 16.6. The van der Waals surface area contributed by atoms with Crippen molar-refractivity contribution in [1.29, 1.82) is 0 Å². The van der Waals surface area contributed by atoms with E-state index in [9.17, 15) is 9.59 Å². The van der Waals surface area contributed by atoms with Crippen molar-refractivity contribution in [2.45, 2.75) is 13.0 Å². The predicted octanol–water partition coefficient (Wildman–Crippen LogP) is 2.67. The van der Waals surface area contributed by atoms with Crippen molar-refractivity contribution in [3.63, 3.8) is 0 Å². The molecule has 0 saturated carbocycles. The van der Waals surface area contributed by atoms with Gasteiger partial charge in [-0.15, -0.1) is 0 Å². The molecule has 0 aliphatic carbocycles. The number of rotatable bonds is 8. The minimum atomic E-state index is -0.278. The van der Waals surface area contributed by atoms with Gasteiger partial charge in [-0.1, -0.05) is 23.7 Å². The Labute approximate surface area is 226 Å². The Balaban J connectivity index is 1.10. The Morgan fingerprint density at radius 3 is 2.37 bits per heavy atom. The molecule has 0 radical (unpaired) electrons. The third-order valence-corrected chi connectivity index (χ3v) is 7.60. The Hall–Kier alpha value is -3.50. The van der Waals surface area contributed by atoms with E-state index in [0.717, 1.165) is 50.6 Å². The molecule has 0 spiro atoms. The van der Waals surface area contributed by atoms with Crippen LogP contribution in [0.1, 0.15) is 17.0 Å². The Kier molecular flexibility index (Phi) is 8.19. The van der Waals surface area contributed by atoms with Crippen molar-refractivity contribution in [3.8, 4) is 5.75 Å². The number of methoxy groups -OCH3 is 1. The standard InChI is InChI=1S/C27H33ClN6O4/c1-37-23-7-3-2-6-21(23)31-13-11-30(12-14-31)9-5-10-34-27(36)25(28)22(20-29-34)32-15-17-33(18-16-32)26(35)24-8-4-19-38-24/h2-4,6-8,19-20H,5,9-18H2,1H3. The van der Waals surface area contributed by atoms with E-state index >= 15 is 0 Å². The highest BCUT2D eigenvalue weighted by Crippen LogP contribution is 2.28. The smallest absolute Gasteiger partial charge is 0.289 e. The molecule has 2 aliphatic heterocycles. The molecule has 1 aromatic carbocycles. The van der Waals surface area contributed by atoms with Crippen LogP contribution in [-0.4, -0.2) is 91.5 Å². The number of hydrogen-bond donors (Lipinski definition) is 0. The lowest BCUT2D eigenvalue weighted by molar-refractivity contribution is 0.0714. The molecule has 38 heavy (non-hydrogen) atoms. The SMILES string of the molecule is COc1ccccc1N1CCN(CCCn2ncc(N3CCN(C(=O)c4ccco4)CC3)c(Cl)c2=O)CC1. The van der Waals surface area contributed by atoms with E-state index < -0.39 is 0 Å². The van der Waals surface area contributed by atoms with Crippen LogP contribution in [0, 0.1) is 0 Å². The van der Waals surface area contributed by atoms with Crippen LogP contribution in [0.5, 0.6) is 5.75 Å². The molecular formula is C27H33ClN6O4. The van der Waals surface area contributed by atoms with E-state index in [4.69, 9.17) is 20.8 Å². The zero-order valence-corrected chi connectivity index (χ0v) is 22.3. The van der Waals surface area contributed by atoms with Crippen LogP contribution in [0.25, 0.3) is 0 Å². The monoisotopic (exact) mass is 540 g/mol. The first-order chi connectivity index (χ1) is 18.5. The molecule has 4 heterocycles. The number of piperazine rings is 2. The number of carbonyl (C=O) groups excluding carboxylic acids is 1. The number of aromatic nitrogens is 2. The fourth-order valence-electron chi connectivity index (χ4n) is 5.09. The third-order valence-electron chi connectivity index (χ3n) is 7.25. The predicted molar refractivity (Wildman–Crippen MR) is 147 cm³/mol. The maximum absolute atomic E-state index is 12.9. The Morgan fingerprint density at radius 2 is 1.66 bits per heavy atom. The molecule has 5 rings (SSSR count). The summed E-state index contributed by atoms with van der Waals surface area (Å²) in [5.74, 6) is 1.10. The minimum Gasteiger partial charge on any atom is -0.495 e. The second kappa shape index (κ2) is 11.9. The lowest BCUT2D eigenvalue weighted by Gasteiger charge is -2.36. The van der Waals surface area contributed by atoms with Gasteiger partial charge in [0.25, 0.3) is 11.5 Å². The van der Waals surface area contributed by atoms with E-state index in [-0.39, 0.29) is 16.5 Å². The molecule has 0 unspecified atom stereocenters. The van der Waals surface area contributed by atoms with Gasteiger partial charge in [-0.25, -0.2) is 4.68 Å². The van der Waals surface area contributed by atoms with Crippen LogP contribution in [0.4, 0.5) is 11.4 Å². The summed E-state index contributed by atoms with van der Waals surface area (Å²) >= 11 is 6.50. The highest BCUT2D eigenvalue weighted by atomic mass is 35.5. The molecule has 202 valence electrons. The molecule has 3 aromatic rings. The number of para-hydroxylation sites is 2. The summed E-state index contributed by atoms with van der Waals surface area (Å²) in [5.41, 5.74) is 1.47. The maximum atomic E-state index is 12.9. The third kappa shape index (κ3) is 5.66. The van der Waals surface area contributed by atoms with E-state index in [1.807, 2.05) is 23.1 Å². The van der Waals surface area contributed by atoms with Gasteiger partial charge in [-0.3, -0.25) is 14.5 Å². The topological polar surface area (TPSA) is 87.3 Å². The van der Waals surface area contributed by atoms with Crippen LogP contribution in [-0.2, 0) is 6.54 Å². The Morgan fingerprint density at radius 1 is 0.947 bits per heavy atom. The van der Waals surface area contributed by atoms with Crippen molar-refractivity contribution in [1.82, 2.24) is 19.6 Å². The van der Waals surface area contributed by atoms with Crippen molar-refractivity contribution < 1.29 is 13.9 Å². The van der Waals surface area contributed by atoms with Gasteiger partial charge < -0.3 is 23.9 Å². The van der Waals surface area contributed by atoms with Crippen LogP contribution in [0.3, 0.4) is 0 Å². The first-order valence-electron chi connectivity index (χ1n) is 13.0. The van der Waals surface area contributed by atoms with Crippen molar-refractivity contribution in [2.75, 3.05) is 75.8 Å². The van der Waals surface area contributed by atoms with E-state index in [0.29, 0.717) is 44.2 Å². The number of furan rings is 1. The maximum Gasteiger partial charge on any atom is 0.289 e. The Bertz CT molecular complexity index is 1280. The molecule has 0 N–H and O–H groups in total. The van der Waals surface area contributed by atoms with Crippen LogP contribution < -0.4 is 20.1 Å². The summed E-state index contributed by atoms with van der Waals surface area (Å²) in [6.07, 6.45) is 3.97. The summed E-state index contributed by atoms with van der Waals surface area (Å²) < 4.78 is 12.2. The summed E-state index contributed by atoms with van der Waals surface area (Å²) in [4.78, 5) is 34.0. The first kappa shape index (κ1) is 26.1. The van der Waals surface area contributed by atoms with Gasteiger partial charge in [-0.05, 0) is 30.7 Å². The number of nitrogens with zero attached hydrogens (tertiary/aromatic N) is 6. The molecule has 11 heteroatoms. The second-order valence-corrected chi connectivity index (χ2v) is 9.86. The quantitative estimate of drug-likeness (QED) is 0.431. The van der Waals surface area contributed by atoms with Crippen LogP contribution >= 0.6 is 11.6 Å². The van der Waals surface area contributed by atoms with Gasteiger partial charge in [0.2, 0.25) is 0 Å². The van der Waals surface area contributed by atoms with Crippen molar-refractivity contribution >= 4 is 28.9 Å². The number of hydrogen-bond acceptors (Lipinski definition) is 8. The van der Waals surface area contributed by atoms with Gasteiger partial charge in [0.15, 0.2) is 5.76 Å². The number of aryl methyl sites for hydroxylation is 1. The second-order valence-electron chi connectivity index (χ2n) is 9.48. The van der Waals surface area contributed by atoms with Gasteiger partial charge in [0.1, 0.15) is 10.8 Å². The molecule has 0 atom stereocenters. The molecule has 2 saturated heterocycles. The number of benzene rings is 1. The fourth-order valence-corrected chi connectivity index (χ4v) is 5.36. The number of anilines is 2. The molecule has 10 nitrogen and oxygen atoms in total. The molecular weight excluding hydrogens is 508 g/mol. The lowest BCUT2D eigenvalue weighted by Crippen LogP contribution is -2.49. The number of halogens is 1. The van der Waals surface area contributed by atoms with Gasteiger partial charge in [0.05, 0.1) is 30.9 Å². The number of ether oxygens (including phenoxy) is 1. The van der Waals surface area contributed by atoms with Crippen molar-refractivity contribution in [3.05, 3.63) is 70.0 Å². The first-order valence-corrected chi connectivity index (χ1v) is 13.4. The summed E-state index contributed by atoms with van der Waals surface area (Å²) in [5, 5.41) is 4.58. The molecule has 0 bridgehead atoms. The average Bonchev–Trinajstić information content (AvgIpc) is 3.51. The van der Waals surface area contributed by atoms with Crippen LogP contribution in [0.2, 0.25) is 5.02 Å². The summed E-state index contributed by atoms with van der Waals surface area (Å²) in [7, 11) is 1.70. The minimum absolute atomic E-state index is 0.129. The highest BCUT2D eigenvalue weighted by Gasteiger charge is 2.26. The van der Waals surface area contributed by atoms with Crippen LogP contribution in [0.15, 0.2) is 58.1 Å². The zero-order valence-electron chi connectivity index (χ0n) is 21.6. The molecule has 2 aromatic heterocycles. The average molecular weight is 541 g/mol. The highest BCUT2D eigenvalue weighted by molar-refractivity contribution is 6.33. The van der Waals surface area contributed by atoms with E-state index in [1.54, 1.807) is 30.3 Å². The van der Waals surface area contributed by atoms with Crippen molar-refractivity contribution in [2.24, 2.45) is 0 Å². The summed E-state index contributed by atoms with van der Waals surface area (Å²) in [6.45, 7) is 7.33. The van der Waals surface area contributed by atoms with Gasteiger partial charge in [-0.2, -0.15) is 5.10 Å². The van der Waals surface area contributed by atoms with E-state index in [2.05, 4.69) is 21.0 Å².